The molecule has 0 aliphatic carbocycles. The van der Waals surface area contributed by atoms with Crippen molar-refractivity contribution in [3.8, 4) is 0 Å². The Hall–Kier alpha value is -1.84. The minimum atomic E-state index is 0.216. The lowest BCUT2D eigenvalue weighted by Crippen LogP contribution is -2.12. The van der Waals surface area contributed by atoms with Crippen LogP contribution in [0.1, 0.15) is 6.92 Å². The zero-order valence-electron chi connectivity index (χ0n) is 8.01. The number of fused-ring (bicyclic) bond motifs is 1. The van der Waals surface area contributed by atoms with Crippen LogP contribution in [0.2, 0.25) is 0 Å². The van der Waals surface area contributed by atoms with Crippen LogP contribution in [0.15, 0.2) is 37.2 Å². The maximum atomic E-state index is 4.36. The molecule has 0 saturated carbocycles. The summed E-state index contributed by atoms with van der Waals surface area (Å²) in [6, 6.07) is 3.97. The normalized spacial score (nSPS) is 12.6. The second-order valence-corrected chi connectivity index (χ2v) is 3.12. The molecule has 0 amide bonds. The Morgan fingerprint density at radius 3 is 3.21 bits per heavy atom. The van der Waals surface area contributed by atoms with E-state index in [0.717, 1.165) is 11.5 Å². The van der Waals surface area contributed by atoms with Crippen LogP contribution in [0.3, 0.4) is 0 Å². The molecule has 4 nitrogen and oxygen atoms in total. The van der Waals surface area contributed by atoms with Crippen LogP contribution in [0, 0.1) is 0 Å². The molecule has 1 N–H and O–H groups in total. The van der Waals surface area contributed by atoms with Crippen molar-refractivity contribution in [1.82, 2.24) is 14.6 Å². The lowest BCUT2D eigenvalue weighted by atomic mass is 10.3. The van der Waals surface area contributed by atoms with Gasteiger partial charge in [0.05, 0.1) is 6.20 Å². The average Bonchev–Trinajstić information content (AvgIpc) is 2.64. The van der Waals surface area contributed by atoms with Gasteiger partial charge < -0.3 is 5.32 Å². The Labute approximate surface area is 82.3 Å². The van der Waals surface area contributed by atoms with E-state index < -0.39 is 0 Å². The van der Waals surface area contributed by atoms with Gasteiger partial charge in [-0.05, 0) is 13.0 Å². The zero-order chi connectivity index (χ0) is 9.97. The first-order chi connectivity index (χ1) is 6.79. The van der Waals surface area contributed by atoms with E-state index in [1.807, 2.05) is 31.3 Å². The van der Waals surface area contributed by atoms with Gasteiger partial charge >= 0.3 is 0 Å². The van der Waals surface area contributed by atoms with Crippen LogP contribution in [0.25, 0.3) is 5.65 Å². The average molecular weight is 188 g/mol. The fourth-order valence-corrected chi connectivity index (χ4v) is 1.19. The third kappa shape index (κ3) is 1.59. The summed E-state index contributed by atoms with van der Waals surface area (Å²) in [5.41, 5.74) is 0.839. The Kier molecular flexibility index (Phi) is 2.18. The number of rotatable bonds is 3. The van der Waals surface area contributed by atoms with Crippen LogP contribution in [-0.2, 0) is 0 Å². The highest BCUT2D eigenvalue weighted by Crippen LogP contribution is 2.07. The van der Waals surface area contributed by atoms with E-state index in [-0.39, 0.29) is 6.04 Å². The molecule has 0 aliphatic rings. The first-order valence-corrected chi connectivity index (χ1v) is 4.49. The molecule has 0 aromatic carbocycles. The minimum Gasteiger partial charge on any atom is -0.364 e. The zero-order valence-corrected chi connectivity index (χ0v) is 8.01. The van der Waals surface area contributed by atoms with Crippen LogP contribution in [-0.4, -0.2) is 20.6 Å². The topological polar surface area (TPSA) is 42.2 Å². The third-order valence-electron chi connectivity index (χ3n) is 1.99. The van der Waals surface area contributed by atoms with E-state index in [4.69, 9.17) is 0 Å². The van der Waals surface area contributed by atoms with Crippen LogP contribution in [0.4, 0.5) is 5.82 Å². The Bertz CT molecular complexity index is 446. The molecule has 4 heteroatoms. The van der Waals surface area contributed by atoms with Gasteiger partial charge in [0.2, 0.25) is 0 Å². The van der Waals surface area contributed by atoms with Crippen LogP contribution in [0.5, 0.6) is 0 Å². The van der Waals surface area contributed by atoms with Gasteiger partial charge in [-0.1, -0.05) is 6.08 Å². The molecule has 1 atom stereocenters. The number of nitrogens with zero attached hydrogens (tertiary/aromatic N) is 3. The number of anilines is 1. The molecule has 0 spiro atoms. The molecule has 0 bridgehead atoms. The summed E-state index contributed by atoms with van der Waals surface area (Å²) in [5, 5.41) is 7.27. The quantitative estimate of drug-likeness (QED) is 0.746. The number of hydrogen-bond donors (Lipinski definition) is 1. The highest BCUT2D eigenvalue weighted by molar-refractivity contribution is 5.46. The summed E-state index contributed by atoms with van der Waals surface area (Å²) < 4.78 is 1.73. The fourth-order valence-electron chi connectivity index (χ4n) is 1.19. The van der Waals surface area contributed by atoms with Crippen molar-refractivity contribution in [2.75, 3.05) is 5.32 Å². The smallest absolute Gasteiger partial charge is 0.157 e. The molecule has 0 saturated heterocycles. The lowest BCUT2D eigenvalue weighted by Gasteiger charge is -2.09. The monoisotopic (exact) mass is 188 g/mol. The molecule has 2 heterocycles. The predicted molar refractivity (Wildman–Crippen MR) is 56.3 cm³/mol. The minimum absolute atomic E-state index is 0.216. The maximum absolute atomic E-state index is 4.36. The highest BCUT2D eigenvalue weighted by atomic mass is 15.2. The van der Waals surface area contributed by atoms with E-state index in [0.29, 0.717) is 0 Å². The van der Waals surface area contributed by atoms with Crippen LogP contribution < -0.4 is 5.32 Å². The van der Waals surface area contributed by atoms with Crippen molar-refractivity contribution in [2.24, 2.45) is 0 Å². The number of hydrogen-bond acceptors (Lipinski definition) is 3. The fraction of sp³-hybridized carbons (Fsp3) is 0.200. The van der Waals surface area contributed by atoms with Crippen molar-refractivity contribution >= 4 is 11.5 Å². The molecule has 0 fully saturated rings. The molecule has 2 rings (SSSR count). The molecule has 2 aromatic heterocycles. The summed E-state index contributed by atoms with van der Waals surface area (Å²) in [5.74, 6) is 0.838. The van der Waals surface area contributed by atoms with Crippen molar-refractivity contribution in [3.63, 3.8) is 0 Å². The maximum Gasteiger partial charge on any atom is 0.157 e. The molecule has 72 valence electrons. The van der Waals surface area contributed by atoms with E-state index in [1.54, 1.807) is 10.7 Å². The molecule has 1 unspecified atom stereocenters. The van der Waals surface area contributed by atoms with Crippen molar-refractivity contribution in [1.29, 1.82) is 0 Å². The van der Waals surface area contributed by atoms with E-state index in [1.165, 1.54) is 0 Å². The molecule has 14 heavy (non-hydrogen) atoms. The van der Waals surface area contributed by atoms with Gasteiger partial charge in [0.1, 0.15) is 5.82 Å². The Morgan fingerprint density at radius 1 is 1.57 bits per heavy atom. The summed E-state index contributed by atoms with van der Waals surface area (Å²) in [4.78, 5) is 4.36. The predicted octanol–water partition coefficient (Wildman–Crippen LogP) is 1.72. The molecular weight excluding hydrogens is 176 g/mol. The van der Waals surface area contributed by atoms with Crippen LogP contribution >= 0.6 is 0 Å². The van der Waals surface area contributed by atoms with Gasteiger partial charge in [-0.25, -0.2) is 9.50 Å². The van der Waals surface area contributed by atoms with Gasteiger partial charge in [0, 0.05) is 18.3 Å². The first-order valence-electron chi connectivity index (χ1n) is 4.49. The Balaban J connectivity index is 2.29. The third-order valence-corrected chi connectivity index (χ3v) is 1.99. The van der Waals surface area contributed by atoms with Gasteiger partial charge in [-0.3, -0.25) is 0 Å². The van der Waals surface area contributed by atoms with Crippen molar-refractivity contribution in [3.05, 3.63) is 37.2 Å². The molecule has 0 radical (unpaired) electrons. The summed E-state index contributed by atoms with van der Waals surface area (Å²) in [6.45, 7) is 5.72. The van der Waals surface area contributed by atoms with Gasteiger partial charge in [0.15, 0.2) is 5.65 Å². The van der Waals surface area contributed by atoms with E-state index >= 15 is 0 Å². The molecule has 0 aliphatic heterocycles. The van der Waals surface area contributed by atoms with E-state index in [9.17, 15) is 0 Å². The standard InChI is InChI=1S/C10H12N4/c1-3-8(2)12-9-5-7-14-10(13-9)4-6-11-14/h3-8H,1H2,2H3,(H,12,13). The SMILES string of the molecule is C=CC(C)Nc1ccn2nccc2n1. The van der Waals surface area contributed by atoms with Gasteiger partial charge in [0.25, 0.3) is 0 Å². The largest absolute Gasteiger partial charge is 0.364 e. The Morgan fingerprint density at radius 2 is 2.43 bits per heavy atom. The number of nitrogens with one attached hydrogen (secondary N) is 1. The van der Waals surface area contributed by atoms with Gasteiger partial charge in [-0.15, -0.1) is 6.58 Å². The molecule has 2 aromatic rings. The van der Waals surface area contributed by atoms with E-state index in [2.05, 4.69) is 22.0 Å². The summed E-state index contributed by atoms with van der Waals surface area (Å²) in [7, 11) is 0. The lowest BCUT2D eigenvalue weighted by molar-refractivity contribution is 0.926. The summed E-state index contributed by atoms with van der Waals surface area (Å²) >= 11 is 0. The van der Waals surface area contributed by atoms with Crippen molar-refractivity contribution in [2.45, 2.75) is 13.0 Å². The van der Waals surface area contributed by atoms with Crippen molar-refractivity contribution < 1.29 is 0 Å². The molecular formula is C10H12N4. The highest BCUT2D eigenvalue weighted by Gasteiger charge is 1.99. The second kappa shape index (κ2) is 3.49. The van der Waals surface area contributed by atoms with Gasteiger partial charge in [-0.2, -0.15) is 5.10 Å². The first kappa shape index (κ1) is 8.74. The summed E-state index contributed by atoms with van der Waals surface area (Å²) in [6.07, 6.45) is 5.44. The second-order valence-electron chi connectivity index (χ2n) is 3.12. The number of aromatic nitrogens is 3.